The number of nitrogens with one attached hydrogen (secondary N) is 2. The summed E-state index contributed by atoms with van der Waals surface area (Å²) in [5, 5.41) is 24.9. The van der Waals surface area contributed by atoms with Crippen LogP contribution in [0.5, 0.6) is 5.75 Å². The first-order valence-electron chi connectivity index (χ1n) is 11.4. The highest BCUT2D eigenvalue weighted by atomic mass is 79.9. The van der Waals surface area contributed by atoms with E-state index in [1.165, 1.54) is 0 Å². The van der Waals surface area contributed by atoms with Crippen LogP contribution in [0.3, 0.4) is 0 Å². The second kappa shape index (κ2) is 11.0. The minimum absolute atomic E-state index is 0.196. The van der Waals surface area contributed by atoms with Gasteiger partial charge in [0.1, 0.15) is 17.8 Å². The molecule has 0 unspecified atom stereocenters. The molecule has 4 N–H and O–H groups in total. The molecular formula is C26H26BrN3O6. The number of amides is 3. The van der Waals surface area contributed by atoms with Crippen LogP contribution >= 0.6 is 15.9 Å². The second-order valence-corrected chi connectivity index (χ2v) is 9.37. The Hall–Kier alpha value is -3.63. The molecule has 10 heteroatoms. The Balaban J connectivity index is 1.72. The fourth-order valence-electron chi connectivity index (χ4n) is 4.49. The van der Waals surface area contributed by atoms with Gasteiger partial charge in [0.2, 0.25) is 11.8 Å². The van der Waals surface area contributed by atoms with Crippen molar-refractivity contribution in [2.24, 2.45) is 0 Å². The highest BCUT2D eigenvalue weighted by Crippen LogP contribution is 2.35. The number of carboxylic acid groups (broad SMARTS) is 1. The van der Waals surface area contributed by atoms with E-state index >= 15 is 0 Å². The van der Waals surface area contributed by atoms with Crippen LogP contribution in [-0.4, -0.2) is 53.9 Å². The Morgan fingerprint density at radius 2 is 1.97 bits per heavy atom. The van der Waals surface area contributed by atoms with Crippen molar-refractivity contribution in [2.75, 3.05) is 18.6 Å². The summed E-state index contributed by atoms with van der Waals surface area (Å²) in [6.07, 6.45) is -0.595. The zero-order chi connectivity index (χ0) is 25.8. The lowest BCUT2D eigenvalue weighted by Crippen LogP contribution is -2.55. The predicted octanol–water partition coefficient (Wildman–Crippen LogP) is 3.20. The number of aliphatic hydroxyl groups excluding tert-OH is 1. The molecule has 1 aliphatic rings. The number of para-hydroxylation sites is 1. The van der Waals surface area contributed by atoms with E-state index in [9.17, 15) is 19.5 Å². The maximum atomic E-state index is 13.8. The van der Waals surface area contributed by atoms with Crippen molar-refractivity contribution >= 4 is 50.3 Å². The van der Waals surface area contributed by atoms with E-state index in [0.717, 1.165) is 32.1 Å². The Bertz CT molecular complexity index is 1310. The number of fused-ring (bicyclic) bond motifs is 2. The Kier molecular flexibility index (Phi) is 7.76. The number of carbonyl (C=O) groups excluding carboxylic acids is 2. The fraction of sp³-hybridized carbons (Fsp3) is 0.269. The number of nitrogens with zero attached hydrogens (tertiary/aromatic N) is 1. The molecule has 0 bridgehead atoms. The van der Waals surface area contributed by atoms with Gasteiger partial charge in [-0.25, -0.2) is 4.79 Å². The molecule has 3 aromatic rings. The van der Waals surface area contributed by atoms with E-state index in [-0.39, 0.29) is 12.5 Å². The molecule has 9 nitrogen and oxygen atoms in total. The molecule has 2 atom stereocenters. The molecule has 0 fully saturated rings. The van der Waals surface area contributed by atoms with Crippen molar-refractivity contribution in [2.45, 2.75) is 31.5 Å². The zero-order valence-corrected chi connectivity index (χ0v) is 21.1. The predicted molar refractivity (Wildman–Crippen MR) is 138 cm³/mol. The van der Waals surface area contributed by atoms with Gasteiger partial charge in [-0.15, -0.1) is 0 Å². The average Bonchev–Trinajstić information content (AvgIpc) is 2.99. The van der Waals surface area contributed by atoms with Crippen molar-refractivity contribution in [1.82, 2.24) is 10.6 Å². The molecule has 36 heavy (non-hydrogen) atoms. The summed E-state index contributed by atoms with van der Waals surface area (Å²) in [6.45, 7) is -0.535. The van der Waals surface area contributed by atoms with Crippen molar-refractivity contribution in [3.63, 3.8) is 0 Å². The number of rotatable bonds is 7. The number of hydrogen-bond acceptors (Lipinski definition) is 5. The molecule has 3 aromatic carbocycles. The number of aryl methyl sites for hydroxylation is 1. The molecular weight excluding hydrogens is 530 g/mol. The second-order valence-electron chi connectivity index (χ2n) is 8.45. The highest BCUT2D eigenvalue weighted by molar-refractivity contribution is 9.10. The summed E-state index contributed by atoms with van der Waals surface area (Å²) in [6, 6.07) is 15.0. The lowest BCUT2D eigenvalue weighted by atomic mass is 10.0. The zero-order valence-electron chi connectivity index (χ0n) is 19.5. The minimum Gasteiger partial charge on any atom is -0.496 e. The van der Waals surface area contributed by atoms with Crippen molar-refractivity contribution in [3.05, 3.63) is 70.2 Å². The normalized spacial score (nSPS) is 16.1. The Labute approximate surface area is 216 Å². The monoisotopic (exact) mass is 555 g/mol. The van der Waals surface area contributed by atoms with Crippen LogP contribution in [0.15, 0.2) is 59.1 Å². The third-order valence-electron chi connectivity index (χ3n) is 6.25. The summed E-state index contributed by atoms with van der Waals surface area (Å²) >= 11 is 3.50. The van der Waals surface area contributed by atoms with Gasteiger partial charge in [0.15, 0.2) is 0 Å². The minimum atomic E-state index is -1.44. The van der Waals surface area contributed by atoms with Crippen LogP contribution in [0.2, 0.25) is 0 Å². The van der Waals surface area contributed by atoms with Gasteiger partial charge < -0.3 is 30.5 Å². The molecule has 0 aromatic heterocycles. The van der Waals surface area contributed by atoms with Gasteiger partial charge in [-0.3, -0.25) is 9.59 Å². The Morgan fingerprint density at radius 1 is 1.19 bits per heavy atom. The van der Waals surface area contributed by atoms with Crippen molar-refractivity contribution in [3.8, 4) is 5.75 Å². The molecule has 0 saturated heterocycles. The number of halogens is 1. The summed E-state index contributed by atoms with van der Waals surface area (Å²) in [7, 11) is 1.58. The largest absolute Gasteiger partial charge is 0.496 e. The van der Waals surface area contributed by atoms with Gasteiger partial charge >= 0.3 is 6.09 Å². The maximum absolute atomic E-state index is 13.8. The average molecular weight is 556 g/mol. The molecule has 188 valence electrons. The maximum Gasteiger partial charge on any atom is 0.405 e. The van der Waals surface area contributed by atoms with E-state index in [1.807, 2.05) is 59.9 Å². The first-order valence-corrected chi connectivity index (χ1v) is 12.2. The molecule has 1 heterocycles. The number of anilines is 1. The van der Waals surface area contributed by atoms with E-state index < -0.39 is 30.7 Å². The van der Waals surface area contributed by atoms with Gasteiger partial charge in [0.05, 0.1) is 20.3 Å². The molecule has 3 amide bonds. The molecule has 0 aliphatic carbocycles. The summed E-state index contributed by atoms with van der Waals surface area (Å²) in [4.78, 5) is 39.1. The van der Waals surface area contributed by atoms with E-state index in [2.05, 4.69) is 21.2 Å². The third-order valence-corrected chi connectivity index (χ3v) is 6.74. The van der Waals surface area contributed by atoms with E-state index in [4.69, 9.17) is 9.84 Å². The number of methoxy groups -OCH3 is 1. The smallest absolute Gasteiger partial charge is 0.405 e. The van der Waals surface area contributed by atoms with Crippen molar-refractivity contribution < 1.29 is 29.3 Å². The van der Waals surface area contributed by atoms with E-state index in [0.29, 0.717) is 18.6 Å². The molecule has 0 saturated carbocycles. The number of carbonyl (C=O) groups is 3. The van der Waals surface area contributed by atoms with Gasteiger partial charge in [0.25, 0.3) is 0 Å². The topological polar surface area (TPSA) is 128 Å². The molecule has 0 radical (unpaired) electrons. The SMILES string of the molecule is COc1ccc2cc(Br)ccc2c1CN1C(=O)[C@@H](NC(=O)[C@H](CO)NC(=O)O)CCc2ccccc21. The standard InChI is InChI=1S/C26H26BrN3O6/c1-36-23-11-7-16-12-17(27)8-9-18(16)19(23)13-30-22-5-3-2-4-15(22)6-10-20(25(30)33)28-24(32)21(14-31)29-26(34)35/h2-5,7-9,11-12,20-21,29,31H,6,10,13-14H2,1H3,(H,28,32)(H,34,35)/t20-,21-/m0/s1. The van der Waals surface area contributed by atoms with Gasteiger partial charge in [-0.2, -0.15) is 0 Å². The number of benzene rings is 3. The molecule has 0 spiro atoms. The number of ether oxygens (including phenoxy) is 1. The number of aliphatic hydroxyl groups is 1. The number of hydrogen-bond donors (Lipinski definition) is 4. The quantitative estimate of drug-likeness (QED) is 0.354. The van der Waals surface area contributed by atoms with Gasteiger partial charge in [0, 0.05) is 15.7 Å². The summed E-state index contributed by atoms with van der Waals surface area (Å²) in [5.74, 6) is -0.473. The van der Waals surface area contributed by atoms with Crippen molar-refractivity contribution in [1.29, 1.82) is 0 Å². The van der Waals surface area contributed by atoms with E-state index in [1.54, 1.807) is 12.0 Å². The first kappa shape index (κ1) is 25.5. The molecule has 1 aliphatic heterocycles. The van der Waals surface area contributed by atoms with Crippen LogP contribution in [0.4, 0.5) is 10.5 Å². The fourth-order valence-corrected chi connectivity index (χ4v) is 4.86. The van der Waals surface area contributed by atoms with Crippen LogP contribution in [0, 0.1) is 0 Å². The van der Waals surface area contributed by atoms with Gasteiger partial charge in [-0.05, 0) is 53.4 Å². The van der Waals surface area contributed by atoms with Gasteiger partial charge in [-0.1, -0.05) is 46.3 Å². The lowest BCUT2D eigenvalue weighted by molar-refractivity contribution is -0.129. The lowest BCUT2D eigenvalue weighted by Gasteiger charge is -2.28. The van der Waals surface area contributed by atoms with Crippen LogP contribution in [0.1, 0.15) is 17.5 Å². The molecule has 4 rings (SSSR count). The van der Waals surface area contributed by atoms with Crippen LogP contribution in [-0.2, 0) is 22.6 Å². The highest BCUT2D eigenvalue weighted by Gasteiger charge is 2.34. The summed E-state index contributed by atoms with van der Waals surface area (Å²) in [5.41, 5.74) is 2.50. The third kappa shape index (κ3) is 5.29. The Morgan fingerprint density at radius 3 is 2.69 bits per heavy atom. The van der Waals surface area contributed by atoms with Crippen LogP contribution < -0.4 is 20.3 Å². The summed E-state index contributed by atoms with van der Waals surface area (Å²) < 4.78 is 6.57. The first-order chi connectivity index (χ1) is 17.3. The van der Waals surface area contributed by atoms with Crippen LogP contribution in [0.25, 0.3) is 10.8 Å².